The van der Waals surface area contributed by atoms with Gasteiger partial charge < -0.3 is 9.30 Å². The fourth-order valence-corrected chi connectivity index (χ4v) is 3.97. The summed E-state index contributed by atoms with van der Waals surface area (Å²) in [6.07, 6.45) is 6.97. The van der Waals surface area contributed by atoms with Gasteiger partial charge in [0.05, 0.1) is 13.4 Å². The van der Waals surface area contributed by atoms with Crippen LogP contribution < -0.4 is 0 Å². The molecule has 0 unspecified atom stereocenters. The van der Waals surface area contributed by atoms with Crippen LogP contribution in [-0.2, 0) is 11.3 Å². The van der Waals surface area contributed by atoms with E-state index in [2.05, 4.69) is 21.4 Å². The Labute approximate surface area is 134 Å². The highest BCUT2D eigenvalue weighted by atomic mass is 32.1. The van der Waals surface area contributed by atoms with Gasteiger partial charge in [0.1, 0.15) is 4.88 Å². The van der Waals surface area contributed by atoms with Crippen LogP contribution in [0.1, 0.15) is 33.9 Å². The Morgan fingerprint density at radius 2 is 2.36 bits per heavy atom. The molecule has 1 saturated heterocycles. The van der Waals surface area contributed by atoms with Crippen LogP contribution in [0.25, 0.3) is 0 Å². The highest BCUT2D eigenvalue weighted by molar-refractivity contribution is 7.13. The molecule has 1 aliphatic heterocycles. The smallest absolute Gasteiger partial charge is 0.348 e. The number of carbonyl (C=O) groups is 1. The molecule has 2 aromatic rings. The first-order chi connectivity index (χ1) is 10.7. The Hall–Kier alpha value is -1.66. The first-order valence-electron chi connectivity index (χ1n) is 7.54. The van der Waals surface area contributed by atoms with E-state index in [1.165, 1.54) is 29.7 Å². The molecule has 0 bridgehead atoms. The number of imidazole rings is 1. The van der Waals surface area contributed by atoms with Crippen LogP contribution in [-0.4, -0.2) is 40.6 Å². The molecule has 0 amide bonds. The molecule has 0 aromatic carbocycles. The number of hydrogen-bond acceptors (Lipinski definition) is 5. The Kier molecular flexibility index (Phi) is 4.59. The van der Waals surface area contributed by atoms with E-state index in [0.717, 1.165) is 19.6 Å². The summed E-state index contributed by atoms with van der Waals surface area (Å²) >= 11 is 1.52. The van der Waals surface area contributed by atoms with Crippen molar-refractivity contribution in [2.75, 3.05) is 20.2 Å². The second-order valence-electron chi connectivity index (χ2n) is 5.84. The van der Waals surface area contributed by atoms with Gasteiger partial charge in [0.15, 0.2) is 0 Å². The summed E-state index contributed by atoms with van der Waals surface area (Å²) in [5.41, 5.74) is 0. The summed E-state index contributed by atoms with van der Waals surface area (Å²) in [7, 11) is 1.42. The summed E-state index contributed by atoms with van der Waals surface area (Å²) in [5, 5.41) is 0. The number of likely N-dealkylation sites (tertiary alicyclic amines) is 1. The lowest BCUT2D eigenvalue weighted by Crippen LogP contribution is -2.39. The molecule has 0 radical (unpaired) electrons. The molecule has 2 aromatic heterocycles. The number of ether oxygens (including phenoxy) is 1. The molecule has 1 aliphatic rings. The van der Waals surface area contributed by atoms with E-state index in [1.54, 1.807) is 0 Å². The van der Waals surface area contributed by atoms with Crippen molar-refractivity contribution in [2.24, 2.45) is 5.92 Å². The first-order valence-corrected chi connectivity index (χ1v) is 8.36. The quantitative estimate of drug-likeness (QED) is 0.813. The average molecular weight is 319 g/mol. The van der Waals surface area contributed by atoms with Crippen LogP contribution in [0.4, 0.5) is 0 Å². The van der Waals surface area contributed by atoms with E-state index in [9.17, 15) is 4.79 Å². The fraction of sp³-hybridized carbons (Fsp3) is 0.500. The van der Waals surface area contributed by atoms with Gasteiger partial charge in [-0.05, 0) is 31.0 Å². The van der Waals surface area contributed by atoms with Crippen molar-refractivity contribution in [1.82, 2.24) is 14.5 Å². The molecule has 6 heteroatoms. The largest absolute Gasteiger partial charge is 0.465 e. The number of hydrogen-bond donors (Lipinski definition) is 0. The number of esters is 1. The van der Waals surface area contributed by atoms with Crippen molar-refractivity contribution in [3.8, 4) is 0 Å². The number of aromatic nitrogens is 2. The lowest BCUT2D eigenvalue weighted by Gasteiger charge is -2.37. The van der Waals surface area contributed by atoms with Gasteiger partial charge in [-0.1, -0.05) is 6.92 Å². The molecule has 118 valence electrons. The third-order valence-electron chi connectivity index (χ3n) is 4.34. The van der Waals surface area contributed by atoms with Crippen LogP contribution in [0.2, 0.25) is 0 Å². The summed E-state index contributed by atoms with van der Waals surface area (Å²) in [5.74, 6) is 0.402. The van der Waals surface area contributed by atoms with Crippen LogP contribution in [0.5, 0.6) is 0 Å². The van der Waals surface area contributed by atoms with Gasteiger partial charge in [-0.25, -0.2) is 9.78 Å². The van der Waals surface area contributed by atoms with E-state index in [0.29, 0.717) is 16.8 Å². The number of methoxy groups -OCH3 is 1. The average Bonchev–Trinajstić information content (AvgIpc) is 3.20. The predicted molar refractivity (Wildman–Crippen MR) is 86.0 cm³/mol. The minimum Gasteiger partial charge on any atom is -0.465 e. The maximum Gasteiger partial charge on any atom is 0.348 e. The molecule has 0 N–H and O–H groups in total. The van der Waals surface area contributed by atoms with E-state index < -0.39 is 0 Å². The molecule has 3 rings (SSSR count). The number of rotatable bonds is 4. The SMILES string of the molecule is COC(=O)c1ccc(CN2CC[C@@H](C)[C@H](n3ccnc3)C2)s1. The zero-order chi connectivity index (χ0) is 15.5. The Bertz CT molecular complexity index is 623. The third kappa shape index (κ3) is 3.23. The van der Waals surface area contributed by atoms with Gasteiger partial charge in [-0.3, -0.25) is 4.90 Å². The summed E-state index contributed by atoms with van der Waals surface area (Å²) in [6.45, 7) is 5.31. The normalized spacial score (nSPS) is 22.6. The number of piperidine rings is 1. The van der Waals surface area contributed by atoms with Crippen molar-refractivity contribution >= 4 is 17.3 Å². The standard InChI is InChI=1S/C16H21N3O2S/c1-12-5-7-18(10-14(12)19-8-6-17-11-19)9-13-3-4-15(22-13)16(20)21-2/h3-4,6,8,11-12,14H,5,7,9-10H2,1-2H3/t12-,14-/m1/s1. The molecule has 0 aliphatic carbocycles. The van der Waals surface area contributed by atoms with Gasteiger partial charge in [-0.15, -0.1) is 11.3 Å². The third-order valence-corrected chi connectivity index (χ3v) is 5.39. The monoisotopic (exact) mass is 319 g/mol. The minimum absolute atomic E-state index is 0.250. The van der Waals surface area contributed by atoms with Gasteiger partial charge in [0.2, 0.25) is 0 Å². The molecule has 5 nitrogen and oxygen atoms in total. The molecule has 1 fully saturated rings. The van der Waals surface area contributed by atoms with Crippen molar-refractivity contribution in [3.05, 3.63) is 40.6 Å². The predicted octanol–water partition coefficient (Wildman–Crippen LogP) is 2.81. The Morgan fingerprint density at radius 3 is 3.09 bits per heavy atom. The zero-order valence-corrected chi connectivity index (χ0v) is 13.8. The molecule has 2 atom stereocenters. The second kappa shape index (κ2) is 6.62. The lowest BCUT2D eigenvalue weighted by molar-refractivity contribution is 0.0606. The highest BCUT2D eigenvalue weighted by Gasteiger charge is 2.27. The molecule has 3 heterocycles. The van der Waals surface area contributed by atoms with Gasteiger partial charge in [0.25, 0.3) is 0 Å². The maximum atomic E-state index is 11.5. The molecule has 22 heavy (non-hydrogen) atoms. The number of thiophene rings is 1. The second-order valence-corrected chi connectivity index (χ2v) is 7.00. The van der Waals surface area contributed by atoms with E-state index in [-0.39, 0.29) is 5.97 Å². The van der Waals surface area contributed by atoms with E-state index >= 15 is 0 Å². The molecular formula is C16H21N3O2S. The van der Waals surface area contributed by atoms with Crippen molar-refractivity contribution in [3.63, 3.8) is 0 Å². The first kappa shape index (κ1) is 15.2. The van der Waals surface area contributed by atoms with E-state index in [4.69, 9.17) is 4.74 Å². The van der Waals surface area contributed by atoms with Gasteiger partial charge in [0, 0.05) is 36.4 Å². The van der Waals surface area contributed by atoms with E-state index in [1.807, 2.05) is 30.9 Å². The van der Waals surface area contributed by atoms with Crippen LogP contribution in [0.3, 0.4) is 0 Å². The molecule has 0 spiro atoms. The fourth-order valence-electron chi connectivity index (χ4n) is 3.01. The van der Waals surface area contributed by atoms with Crippen LogP contribution in [0, 0.1) is 5.92 Å². The van der Waals surface area contributed by atoms with Crippen molar-refractivity contribution in [2.45, 2.75) is 25.9 Å². The van der Waals surface area contributed by atoms with Gasteiger partial charge in [-0.2, -0.15) is 0 Å². The lowest BCUT2D eigenvalue weighted by atomic mass is 9.93. The van der Waals surface area contributed by atoms with Crippen molar-refractivity contribution in [1.29, 1.82) is 0 Å². The Morgan fingerprint density at radius 1 is 1.50 bits per heavy atom. The highest BCUT2D eigenvalue weighted by Crippen LogP contribution is 2.29. The Balaban J connectivity index is 1.65. The summed E-state index contributed by atoms with van der Waals surface area (Å²) in [6, 6.07) is 4.35. The summed E-state index contributed by atoms with van der Waals surface area (Å²) < 4.78 is 6.98. The van der Waals surface area contributed by atoms with Crippen molar-refractivity contribution < 1.29 is 9.53 Å². The van der Waals surface area contributed by atoms with Gasteiger partial charge >= 0.3 is 5.97 Å². The topological polar surface area (TPSA) is 47.4 Å². The number of nitrogens with zero attached hydrogens (tertiary/aromatic N) is 3. The minimum atomic E-state index is -0.250. The number of carbonyl (C=O) groups excluding carboxylic acids is 1. The maximum absolute atomic E-state index is 11.5. The molecular weight excluding hydrogens is 298 g/mol. The van der Waals surface area contributed by atoms with Crippen LogP contribution in [0.15, 0.2) is 30.9 Å². The zero-order valence-electron chi connectivity index (χ0n) is 12.9. The van der Waals surface area contributed by atoms with Crippen LogP contribution >= 0.6 is 11.3 Å². The summed E-state index contributed by atoms with van der Waals surface area (Å²) in [4.78, 5) is 20.0. The molecule has 0 saturated carbocycles.